The standard InChI is InChI=1S/C11H17BrN4O2S/c1-15-4-6-16(7-5-15)14-19(17,18)11-8-9(12)2-3-10(11)13/h2-3,8,14H,4-7,13H2,1H3. The Kier molecular flexibility index (Phi) is 4.46. The molecule has 19 heavy (non-hydrogen) atoms. The van der Waals surface area contributed by atoms with Gasteiger partial charge in [-0.05, 0) is 25.2 Å². The summed E-state index contributed by atoms with van der Waals surface area (Å²) in [5.41, 5.74) is 5.98. The summed E-state index contributed by atoms with van der Waals surface area (Å²) in [6.07, 6.45) is 0. The molecule has 0 unspecified atom stereocenters. The lowest BCUT2D eigenvalue weighted by Crippen LogP contribution is -2.52. The summed E-state index contributed by atoms with van der Waals surface area (Å²) in [5, 5.41) is 1.70. The van der Waals surface area contributed by atoms with Crippen LogP contribution in [-0.2, 0) is 10.0 Å². The van der Waals surface area contributed by atoms with Crippen molar-refractivity contribution >= 4 is 31.6 Å². The molecule has 8 heteroatoms. The highest BCUT2D eigenvalue weighted by Gasteiger charge is 2.23. The van der Waals surface area contributed by atoms with E-state index in [1.165, 1.54) is 6.07 Å². The average molecular weight is 349 g/mol. The summed E-state index contributed by atoms with van der Waals surface area (Å²) in [7, 11) is -1.62. The predicted octanol–water partition coefficient (Wildman–Crippen LogP) is 0.472. The van der Waals surface area contributed by atoms with Crippen molar-refractivity contribution in [3.05, 3.63) is 22.7 Å². The minimum Gasteiger partial charge on any atom is -0.398 e. The van der Waals surface area contributed by atoms with Gasteiger partial charge in [-0.25, -0.2) is 13.4 Å². The van der Waals surface area contributed by atoms with Crippen molar-refractivity contribution in [1.82, 2.24) is 14.7 Å². The van der Waals surface area contributed by atoms with Gasteiger partial charge >= 0.3 is 0 Å². The van der Waals surface area contributed by atoms with Gasteiger partial charge in [-0.3, -0.25) is 0 Å². The van der Waals surface area contributed by atoms with Crippen LogP contribution in [0.5, 0.6) is 0 Å². The molecule has 1 aromatic rings. The molecule has 1 aliphatic rings. The van der Waals surface area contributed by atoms with Crippen LogP contribution in [0.3, 0.4) is 0 Å². The zero-order chi connectivity index (χ0) is 14.0. The van der Waals surface area contributed by atoms with Crippen molar-refractivity contribution in [2.24, 2.45) is 0 Å². The number of hydrogen-bond acceptors (Lipinski definition) is 5. The molecule has 1 heterocycles. The summed E-state index contributed by atoms with van der Waals surface area (Å²) < 4.78 is 25.3. The molecule has 1 saturated heterocycles. The predicted molar refractivity (Wildman–Crippen MR) is 77.9 cm³/mol. The highest BCUT2D eigenvalue weighted by atomic mass is 79.9. The number of anilines is 1. The molecule has 0 amide bonds. The number of benzene rings is 1. The molecule has 1 aromatic carbocycles. The van der Waals surface area contributed by atoms with Crippen LogP contribution >= 0.6 is 15.9 Å². The van der Waals surface area contributed by atoms with Gasteiger partial charge < -0.3 is 10.6 Å². The van der Waals surface area contributed by atoms with Crippen LogP contribution in [-0.4, -0.2) is 51.6 Å². The van der Waals surface area contributed by atoms with Gasteiger partial charge in [-0.2, -0.15) is 0 Å². The van der Waals surface area contributed by atoms with E-state index in [4.69, 9.17) is 5.73 Å². The highest BCUT2D eigenvalue weighted by molar-refractivity contribution is 9.10. The Labute approximate surface area is 121 Å². The van der Waals surface area contributed by atoms with Gasteiger partial charge in [0.2, 0.25) is 0 Å². The first-order valence-electron chi connectivity index (χ1n) is 5.89. The normalized spacial score (nSPS) is 18.6. The first kappa shape index (κ1) is 14.7. The van der Waals surface area contributed by atoms with Gasteiger partial charge in [0.25, 0.3) is 10.0 Å². The molecule has 6 nitrogen and oxygen atoms in total. The van der Waals surface area contributed by atoms with E-state index < -0.39 is 10.0 Å². The second kappa shape index (κ2) is 5.76. The van der Waals surface area contributed by atoms with E-state index in [2.05, 4.69) is 25.7 Å². The molecule has 106 valence electrons. The van der Waals surface area contributed by atoms with Gasteiger partial charge in [0, 0.05) is 30.7 Å². The highest BCUT2D eigenvalue weighted by Crippen LogP contribution is 2.23. The van der Waals surface area contributed by atoms with E-state index in [-0.39, 0.29) is 10.6 Å². The lowest BCUT2D eigenvalue weighted by Gasteiger charge is -2.32. The molecule has 0 saturated carbocycles. The number of hydrazine groups is 1. The third kappa shape index (κ3) is 3.67. The van der Waals surface area contributed by atoms with E-state index in [1.807, 2.05) is 7.05 Å². The maximum Gasteiger partial charge on any atom is 0.255 e. The number of nitrogens with one attached hydrogen (secondary N) is 1. The van der Waals surface area contributed by atoms with Gasteiger partial charge in [0.1, 0.15) is 4.90 Å². The molecule has 2 rings (SSSR count). The van der Waals surface area contributed by atoms with E-state index in [0.717, 1.165) is 13.1 Å². The van der Waals surface area contributed by atoms with Gasteiger partial charge in [0.05, 0.1) is 5.69 Å². The molecule has 1 aliphatic heterocycles. The monoisotopic (exact) mass is 348 g/mol. The van der Waals surface area contributed by atoms with Crippen LogP contribution in [0.1, 0.15) is 0 Å². The Morgan fingerprint density at radius 3 is 2.53 bits per heavy atom. The Bertz CT molecular complexity index is 556. The van der Waals surface area contributed by atoms with Gasteiger partial charge in [-0.1, -0.05) is 15.9 Å². The number of hydrogen-bond donors (Lipinski definition) is 2. The number of nitrogens with zero attached hydrogens (tertiary/aromatic N) is 2. The first-order valence-corrected chi connectivity index (χ1v) is 8.17. The van der Waals surface area contributed by atoms with Gasteiger partial charge in [-0.15, -0.1) is 4.83 Å². The molecule has 1 fully saturated rings. The molecule has 0 bridgehead atoms. The second-order valence-electron chi connectivity index (χ2n) is 4.57. The van der Waals surface area contributed by atoms with Crippen LogP contribution in [0.4, 0.5) is 5.69 Å². The summed E-state index contributed by atoms with van der Waals surface area (Å²) in [6, 6.07) is 4.79. The largest absolute Gasteiger partial charge is 0.398 e. The Hall–Kier alpha value is -0.670. The smallest absolute Gasteiger partial charge is 0.255 e. The molecule has 0 spiro atoms. The number of nitrogen functional groups attached to an aromatic ring is 1. The fourth-order valence-corrected chi connectivity index (χ4v) is 3.65. The maximum absolute atomic E-state index is 12.3. The molecule has 0 atom stereocenters. The van der Waals surface area contributed by atoms with Crippen LogP contribution < -0.4 is 10.6 Å². The number of rotatable bonds is 3. The van der Waals surface area contributed by atoms with Gasteiger partial charge in [0.15, 0.2) is 0 Å². The van der Waals surface area contributed by atoms with E-state index in [9.17, 15) is 8.42 Å². The molecule has 0 radical (unpaired) electrons. The van der Waals surface area contributed by atoms with Crippen molar-refractivity contribution in [2.45, 2.75) is 4.90 Å². The fourth-order valence-electron chi connectivity index (χ4n) is 1.86. The second-order valence-corrected chi connectivity index (χ2v) is 7.11. The Balaban J connectivity index is 2.16. The number of piperazine rings is 1. The SMILES string of the molecule is CN1CCN(NS(=O)(=O)c2cc(Br)ccc2N)CC1. The Morgan fingerprint density at radius 1 is 1.26 bits per heavy atom. The van der Waals surface area contributed by atoms with Crippen molar-refractivity contribution < 1.29 is 8.42 Å². The van der Waals surface area contributed by atoms with Crippen molar-refractivity contribution in [3.63, 3.8) is 0 Å². The molecular weight excluding hydrogens is 332 g/mol. The quantitative estimate of drug-likeness (QED) is 0.776. The lowest BCUT2D eigenvalue weighted by atomic mass is 10.3. The molecule has 0 aliphatic carbocycles. The zero-order valence-electron chi connectivity index (χ0n) is 10.6. The third-order valence-electron chi connectivity index (χ3n) is 3.02. The first-order chi connectivity index (χ1) is 8.88. The number of likely N-dealkylation sites (N-methyl/N-ethyl adjacent to an activating group) is 1. The number of nitrogens with two attached hydrogens (primary N) is 1. The maximum atomic E-state index is 12.3. The summed E-state index contributed by atoms with van der Waals surface area (Å²) in [4.78, 5) is 4.83. The summed E-state index contributed by atoms with van der Waals surface area (Å²) >= 11 is 3.25. The van der Waals surface area contributed by atoms with Crippen molar-refractivity contribution in [3.8, 4) is 0 Å². The van der Waals surface area contributed by atoms with E-state index in [0.29, 0.717) is 17.6 Å². The van der Waals surface area contributed by atoms with Crippen molar-refractivity contribution in [2.75, 3.05) is 39.0 Å². The summed E-state index contributed by atoms with van der Waals surface area (Å²) in [5.74, 6) is 0. The van der Waals surface area contributed by atoms with Crippen LogP contribution in [0.25, 0.3) is 0 Å². The van der Waals surface area contributed by atoms with Crippen LogP contribution in [0, 0.1) is 0 Å². The van der Waals surface area contributed by atoms with E-state index >= 15 is 0 Å². The van der Waals surface area contributed by atoms with Crippen LogP contribution in [0.15, 0.2) is 27.6 Å². The molecule has 3 N–H and O–H groups in total. The average Bonchev–Trinajstić information content (AvgIpc) is 2.35. The molecular formula is C11H17BrN4O2S. The van der Waals surface area contributed by atoms with Crippen molar-refractivity contribution in [1.29, 1.82) is 0 Å². The number of halogens is 1. The zero-order valence-corrected chi connectivity index (χ0v) is 13.0. The van der Waals surface area contributed by atoms with E-state index in [1.54, 1.807) is 17.1 Å². The van der Waals surface area contributed by atoms with Crippen LogP contribution in [0.2, 0.25) is 0 Å². The lowest BCUT2D eigenvalue weighted by molar-refractivity contribution is 0.135. The Morgan fingerprint density at radius 2 is 1.89 bits per heavy atom. The minimum atomic E-state index is -3.63. The third-order valence-corrected chi connectivity index (χ3v) is 4.94. The fraction of sp³-hybridized carbons (Fsp3) is 0.455. The summed E-state index contributed by atoms with van der Waals surface area (Å²) in [6.45, 7) is 2.97. The topological polar surface area (TPSA) is 78.7 Å². The minimum absolute atomic E-state index is 0.0980. The molecule has 0 aromatic heterocycles. The number of sulfonamides is 1.